The Morgan fingerprint density at radius 1 is 1.43 bits per heavy atom. The first kappa shape index (κ1) is 15.2. The number of nitro groups is 1. The third kappa shape index (κ3) is 3.47. The summed E-state index contributed by atoms with van der Waals surface area (Å²) in [5.74, 6) is -0.894. The fourth-order valence-electron chi connectivity index (χ4n) is 1.52. The number of carboxylic acids is 1. The summed E-state index contributed by atoms with van der Waals surface area (Å²) in [4.78, 5) is 24.9. The number of halogens is 2. The van der Waals surface area contributed by atoms with Crippen LogP contribution in [-0.2, 0) is 0 Å². The zero-order valence-corrected chi connectivity index (χ0v) is 12.6. The highest BCUT2D eigenvalue weighted by atomic mass is 79.9. The van der Waals surface area contributed by atoms with Gasteiger partial charge < -0.3 is 10.4 Å². The van der Waals surface area contributed by atoms with Crippen LogP contribution in [0.3, 0.4) is 0 Å². The molecule has 0 radical (unpaired) electrons. The van der Waals surface area contributed by atoms with Crippen molar-refractivity contribution in [2.75, 3.05) is 5.32 Å². The molecule has 0 aliphatic rings. The van der Waals surface area contributed by atoms with E-state index in [1.54, 1.807) is 12.1 Å². The first-order chi connectivity index (χ1) is 9.88. The van der Waals surface area contributed by atoms with E-state index in [1.165, 1.54) is 6.07 Å². The van der Waals surface area contributed by atoms with Crippen molar-refractivity contribution < 1.29 is 14.8 Å². The second kappa shape index (κ2) is 6.06. The predicted octanol–water partition coefficient (Wildman–Crippen LogP) is 3.85. The average Bonchev–Trinajstić information content (AvgIpc) is 2.42. The van der Waals surface area contributed by atoms with Crippen LogP contribution < -0.4 is 5.32 Å². The molecular weight excluding hydrogens is 366 g/mol. The summed E-state index contributed by atoms with van der Waals surface area (Å²) < 4.78 is 0.434. The van der Waals surface area contributed by atoms with Crippen LogP contribution in [0.4, 0.5) is 17.2 Å². The molecule has 0 amide bonds. The fraction of sp³-hybridized carbons (Fsp3) is 0. The minimum atomic E-state index is -1.09. The van der Waals surface area contributed by atoms with E-state index in [-0.39, 0.29) is 22.1 Å². The molecule has 0 atom stereocenters. The van der Waals surface area contributed by atoms with Gasteiger partial charge in [0.15, 0.2) is 0 Å². The van der Waals surface area contributed by atoms with E-state index in [9.17, 15) is 14.9 Å². The normalized spacial score (nSPS) is 10.2. The van der Waals surface area contributed by atoms with Gasteiger partial charge in [-0.1, -0.05) is 11.6 Å². The van der Waals surface area contributed by atoms with E-state index in [2.05, 4.69) is 26.2 Å². The Labute approximate surface area is 131 Å². The SMILES string of the molecule is O=C(O)c1cc(Nc2ncc([N+](=O)[O-])cc2Cl)ccc1Br. The second-order valence-corrected chi connectivity index (χ2v) is 5.17. The number of pyridine rings is 1. The first-order valence-corrected chi connectivity index (χ1v) is 6.65. The van der Waals surface area contributed by atoms with E-state index < -0.39 is 10.9 Å². The van der Waals surface area contributed by atoms with Crippen LogP contribution in [0, 0.1) is 10.1 Å². The van der Waals surface area contributed by atoms with Gasteiger partial charge in [0.2, 0.25) is 0 Å². The van der Waals surface area contributed by atoms with E-state index >= 15 is 0 Å². The van der Waals surface area contributed by atoms with Crippen molar-refractivity contribution in [3.05, 3.63) is 55.6 Å². The van der Waals surface area contributed by atoms with Gasteiger partial charge in [-0.05, 0) is 34.1 Å². The average molecular weight is 373 g/mol. The van der Waals surface area contributed by atoms with Gasteiger partial charge >= 0.3 is 5.97 Å². The van der Waals surface area contributed by atoms with Gasteiger partial charge in [-0.2, -0.15) is 0 Å². The Morgan fingerprint density at radius 2 is 2.14 bits per heavy atom. The Hall–Kier alpha value is -2.19. The maximum atomic E-state index is 11.0. The molecule has 1 aromatic carbocycles. The quantitative estimate of drug-likeness (QED) is 0.624. The van der Waals surface area contributed by atoms with E-state index in [4.69, 9.17) is 16.7 Å². The number of rotatable bonds is 4. The molecule has 0 bridgehead atoms. The van der Waals surface area contributed by atoms with Gasteiger partial charge in [-0.25, -0.2) is 9.78 Å². The molecule has 9 heteroatoms. The zero-order chi connectivity index (χ0) is 15.6. The summed E-state index contributed by atoms with van der Waals surface area (Å²) in [5.41, 5.74) is 0.282. The molecule has 2 rings (SSSR count). The van der Waals surface area contributed by atoms with Crippen LogP contribution in [0.5, 0.6) is 0 Å². The van der Waals surface area contributed by atoms with Crippen molar-refractivity contribution in [1.82, 2.24) is 4.98 Å². The lowest BCUT2D eigenvalue weighted by atomic mass is 10.2. The second-order valence-electron chi connectivity index (χ2n) is 3.91. The molecule has 1 aromatic heterocycles. The van der Waals surface area contributed by atoms with Crippen LogP contribution in [0.2, 0.25) is 5.02 Å². The van der Waals surface area contributed by atoms with Crippen molar-refractivity contribution in [3.8, 4) is 0 Å². The minimum Gasteiger partial charge on any atom is -0.478 e. The Kier molecular flexibility index (Phi) is 4.39. The van der Waals surface area contributed by atoms with Gasteiger partial charge in [0, 0.05) is 16.2 Å². The highest BCUT2D eigenvalue weighted by molar-refractivity contribution is 9.10. The molecule has 0 spiro atoms. The van der Waals surface area contributed by atoms with Crippen molar-refractivity contribution in [2.24, 2.45) is 0 Å². The lowest BCUT2D eigenvalue weighted by molar-refractivity contribution is -0.385. The molecule has 0 unspecified atom stereocenters. The van der Waals surface area contributed by atoms with Gasteiger partial charge in [0.1, 0.15) is 12.0 Å². The third-order valence-electron chi connectivity index (χ3n) is 2.50. The summed E-state index contributed by atoms with van der Waals surface area (Å²) in [5, 5.41) is 22.5. The summed E-state index contributed by atoms with van der Waals surface area (Å²) in [6.45, 7) is 0. The largest absolute Gasteiger partial charge is 0.478 e. The van der Waals surface area contributed by atoms with Gasteiger partial charge in [0.05, 0.1) is 15.5 Å². The summed E-state index contributed by atoms with van der Waals surface area (Å²) in [6, 6.07) is 5.74. The number of aromatic nitrogens is 1. The monoisotopic (exact) mass is 371 g/mol. The highest BCUT2D eigenvalue weighted by Gasteiger charge is 2.13. The smallest absolute Gasteiger partial charge is 0.336 e. The van der Waals surface area contributed by atoms with E-state index in [0.29, 0.717) is 10.2 Å². The molecule has 2 aromatic rings. The van der Waals surface area contributed by atoms with E-state index in [1.807, 2.05) is 0 Å². The number of anilines is 2. The molecule has 21 heavy (non-hydrogen) atoms. The lowest BCUT2D eigenvalue weighted by Gasteiger charge is -2.08. The highest BCUT2D eigenvalue weighted by Crippen LogP contribution is 2.28. The predicted molar refractivity (Wildman–Crippen MR) is 80.3 cm³/mol. The molecule has 7 nitrogen and oxygen atoms in total. The fourth-order valence-corrected chi connectivity index (χ4v) is 2.15. The van der Waals surface area contributed by atoms with Crippen LogP contribution in [-0.4, -0.2) is 21.0 Å². The van der Waals surface area contributed by atoms with Crippen LogP contribution >= 0.6 is 27.5 Å². The number of carboxylic acid groups (broad SMARTS) is 1. The molecular formula is C12H7BrClN3O4. The topological polar surface area (TPSA) is 105 Å². The molecule has 0 aliphatic carbocycles. The van der Waals surface area contributed by atoms with Gasteiger partial charge in [-0.15, -0.1) is 0 Å². The number of nitrogens with zero attached hydrogens (tertiary/aromatic N) is 2. The number of nitrogens with one attached hydrogen (secondary N) is 1. The standard InChI is InChI=1S/C12H7BrClN3O4/c13-9-2-1-6(3-8(9)12(18)19)16-11-10(14)4-7(5-15-11)17(20)21/h1-5H,(H,15,16)(H,18,19). The molecule has 0 aliphatic heterocycles. The van der Waals surface area contributed by atoms with Crippen molar-refractivity contribution in [2.45, 2.75) is 0 Å². The third-order valence-corrected chi connectivity index (χ3v) is 3.48. The van der Waals surface area contributed by atoms with Crippen molar-refractivity contribution in [1.29, 1.82) is 0 Å². The lowest BCUT2D eigenvalue weighted by Crippen LogP contribution is -2.01. The number of carbonyl (C=O) groups is 1. The molecule has 1 heterocycles. The number of hydrogen-bond acceptors (Lipinski definition) is 5. The first-order valence-electron chi connectivity index (χ1n) is 5.48. The van der Waals surface area contributed by atoms with Crippen molar-refractivity contribution in [3.63, 3.8) is 0 Å². The van der Waals surface area contributed by atoms with Crippen molar-refractivity contribution >= 4 is 50.7 Å². The van der Waals surface area contributed by atoms with Crippen LogP contribution in [0.25, 0.3) is 0 Å². The van der Waals surface area contributed by atoms with Gasteiger partial charge in [0.25, 0.3) is 5.69 Å². The van der Waals surface area contributed by atoms with Crippen LogP contribution in [0.15, 0.2) is 34.9 Å². The number of aromatic carboxylic acids is 1. The molecule has 0 fully saturated rings. The Bertz CT molecular complexity index is 738. The zero-order valence-electron chi connectivity index (χ0n) is 10.2. The Morgan fingerprint density at radius 3 is 2.71 bits per heavy atom. The van der Waals surface area contributed by atoms with Crippen LogP contribution in [0.1, 0.15) is 10.4 Å². The summed E-state index contributed by atoms with van der Waals surface area (Å²) in [7, 11) is 0. The van der Waals surface area contributed by atoms with Gasteiger partial charge in [-0.3, -0.25) is 10.1 Å². The minimum absolute atomic E-state index is 0.0593. The number of hydrogen-bond donors (Lipinski definition) is 2. The maximum Gasteiger partial charge on any atom is 0.336 e. The Balaban J connectivity index is 2.32. The molecule has 2 N–H and O–H groups in total. The number of benzene rings is 1. The molecule has 108 valence electrons. The van der Waals surface area contributed by atoms with E-state index in [0.717, 1.165) is 12.3 Å². The maximum absolute atomic E-state index is 11.0. The molecule has 0 saturated heterocycles. The summed E-state index contributed by atoms with van der Waals surface area (Å²) >= 11 is 9.03. The summed E-state index contributed by atoms with van der Waals surface area (Å²) in [6.07, 6.45) is 1.06. The molecule has 0 saturated carbocycles.